The highest BCUT2D eigenvalue weighted by atomic mass is 16.7. The first-order valence-electron chi connectivity index (χ1n) is 7.55. The zero-order valence-corrected chi connectivity index (χ0v) is 13.3. The van der Waals surface area contributed by atoms with E-state index in [1.807, 2.05) is 67.5 Å². The van der Waals surface area contributed by atoms with Gasteiger partial charge in [0.25, 0.3) is 5.91 Å². The number of carbonyl (C=O) groups is 1. The molecule has 0 aliphatic carbocycles. The molecule has 0 saturated carbocycles. The van der Waals surface area contributed by atoms with Gasteiger partial charge in [-0.3, -0.25) is 4.79 Å². The van der Waals surface area contributed by atoms with Crippen LogP contribution in [0.2, 0.25) is 0 Å². The summed E-state index contributed by atoms with van der Waals surface area (Å²) in [5, 5.41) is 2.89. The number of rotatable bonds is 4. The van der Waals surface area contributed by atoms with Gasteiger partial charge in [-0.2, -0.15) is 0 Å². The molecule has 5 nitrogen and oxygen atoms in total. The molecule has 23 heavy (non-hydrogen) atoms. The second-order valence-corrected chi connectivity index (χ2v) is 5.59. The lowest BCUT2D eigenvalue weighted by atomic mass is 10.1. The molecule has 3 rings (SSSR count). The van der Waals surface area contributed by atoms with Crippen molar-refractivity contribution in [2.24, 2.45) is 0 Å². The normalized spacial score (nSPS) is 14.7. The molecule has 1 amide bonds. The third-order valence-corrected chi connectivity index (χ3v) is 3.71. The van der Waals surface area contributed by atoms with Gasteiger partial charge in [0.1, 0.15) is 0 Å². The van der Waals surface area contributed by atoms with Crippen molar-refractivity contribution in [1.82, 2.24) is 0 Å². The Bertz CT molecular complexity index is 660. The minimum Gasteiger partial charge on any atom is -0.378 e. The van der Waals surface area contributed by atoms with Crippen molar-refractivity contribution in [1.29, 1.82) is 0 Å². The second kappa shape index (κ2) is 6.81. The largest absolute Gasteiger partial charge is 0.378 e. The van der Waals surface area contributed by atoms with Crippen molar-refractivity contribution in [2.75, 3.05) is 37.5 Å². The molecule has 1 heterocycles. The molecule has 120 valence electrons. The van der Waals surface area contributed by atoms with Gasteiger partial charge in [-0.15, -0.1) is 0 Å². The van der Waals surface area contributed by atoms with Crippen LogP contribution < -0.4 is 10.2 Å². The molecule has 0 radical (unpaired) electrons. The fourth-order valence-electron chi connectivity index (χ4n) is 2.39. The third kappa shape index (κ3) is 3.70. The lowest BCUT2D eigenvalue weighted by Gasteiger charge is -2.13. The first-order chi connectivity index (χ1) is 11.1. The maximum absolute atomic E-state index is 12.3. The van der Waals surface area contributed by atoms with E-state index in [0.29, 0.717) is 18.8 Å². The van der Waals surface area contributed by atoms with Crippen LogP contribution >= 0.6 is 0 Å². The van der Waals surface area contributed by atoms with E-state index in [4.69, 9.17) is 9.47 Å². The predicted molar refractivity (Wildman–Crippen MR) is 89.8 cm³/mol. The number of ether oxygens (including phenoxy) is 2. The number of carbonyl (C=O) groups excluding carboxylic acids is 1. The van der Waals surface area contributed by atoms with E-state index >= 15 is 0 Å². The van der Waals surface area contributed by atoms with Gasteiger partial charge in [-0.05, 0) is 36.4 Å². The lowest BCUT2D eigenvalue weighted by Crippen LogP contribution is -2.13. The SMILES string of the molecule is CN(C)c1ccc(C(=O)Nc2ccc(C3OCCO3)cc2)cc1. The van der Waals surface area contributed by atoms with E-state index < -0.39 is 0 Å². The molecule has 0 unspecified atom stereocenters. The van der Waals surface area contributed by atoms with Gasteiger partial charge in [-0.1, -0.05) is 12.1 Å². The summed E-state index contributed by atoms with van der Waals surface area (Å²) in [4.78, 5) is 14.3. The van der Waals surface area contributed by atoms with Crippen LogP contribution in [0.4, 0.5) is 11.4 Å². The molecule has 1 aliphatic rings. The summed E-state index contributed by atoms with van der Waals surface area (Å²) in [6.07, 6.45) is -0.293. The van der Waals surface area contributed by atoms with Crippen LogP contribution in [0, 0.1) is 0 Å². The highest BCUT2D eigenvalue weighted by Gasteiger charge is 2.17. The van der Waals surface area contributed by atoms with E-state index in [-0.39, 0.29) is 12.2 Å². The monoisotopic (exact) mass is 312 g/mol. The Morgan fingerprint density at radius 2 is 1.61 bits per heavy atom. The van der Waals surface area contributed by atoms with Crippen LogP contribution in [0.25, 0.3) is 0 Å². The Morgan fingerprint density at radius 1 is 1.00 bits per heavy atom. The van der Waals surface area contributed by atoms with E-state index in [9.17, 15) is 4.79 Å². The van der Waals surface area contributed by atoms with Crippen LogP contribution in [-0.2, 0) is 9.47 Å². The molecule has 1 saturated heterocycles. The molecule has 0 atom stereocenters. The van der Waals surface area contributed by atoms with Crippen molar-refractivity contribution in [3.8, 4) is 0 Å². The Balaban J connectivity index is 1.65. The predicted octanol–water partition coefficient (Wildman–Crippen LogP) is 3.05. The Morgan fingerprint density at radius 3 is 2.17 bits per heavy atom. The van der Waals surface area contributed by atoms with Crippen molar-refractivity contribution in [3.63, 3.8) is 0 Å². The van der Waals surface area contributed by atoms with Crippen LogP contribution in [0.5, 0.6) is 0 Å². The first kappa shape index (κ1) is 15.5. The van der Waals surface area contributed by atoms with Crippen LogP contribution in [0.15, 0.2) is 48.5 Å². The van der Waals surface area contributed by atoms with Crippen LogP contribution in [0.1, 0.15) is 22.2 Å². The van der Waals surface area contributed by atoms with Gasteiger partial charge in [0, 0.05) is 36.6 Å². The maximum Gasteiger partial charge on any atom is 0.255 e. The average Bonchev–Trinajstić information content (AvgIpc) is 3.10. The molecule has 0 bridgehead atoms. The van der Waals surface area contributed by atoms with Crippen molar-refractivity contribution in [3.05, 3.63) is 59.7 Å². The fraction of sp³-hybridized carbons (Fsp3) is 0.278. The zero-order chi connectivity index (χ0) is 16.2. The molecule has 0 spiro atoms. The number of hydrogen-bond donors (Lipinski definition) is 1. The number of amides is 1. The molecule has 1 aliphatic heterocycles. The molecular weight excluding hydrogens is 292 g/mol. The number of benzene rings is 2. The number of anilines is 2. The summed E-state index contributed by atoms with van der Waals surface area (Å²) >= 11 is 0. The summed E-state index contributed by atoms with van der Waals surface area (Å²) in [6, 6.07) is 15.0. The van der Waals surface area contributed by atoms with Gasteiger partial charge in [0.2, 0.25) is 0 Å². The molecule has 2 aromatic rings. The van der Waals surface area contributed by atoms with Gasteiger partial charge in [-0.25, -0.2) is 0 Å². The van der Waals surface area contributed by atoms with Crippen molar-refractivity contribution >= 4 is 17.3 Å². The highest BCUT2D eigenvalue weighted by molar-refractivity contribution is 6.04. The minimum absolute atomic E-state index is 0.128. The van der Waals surface area contributed by atoms with Crippen LogP contribution in [-0.4, -0.2) is 33.2 Å². The molecule has 1 fully saturated rings. The van der Waals surface area contributed by atoms with E-state index in [2.05, 4.69) is 5.32 Å². The average molecular weight is 312 g/mol. The summed E-state index contributed by atoms with van der Waals surface area (Å²) in [5.74, 6) is -0.128. The fourth-order valence-corrected chi connectivity index (χ4v) is 2.39. The number of nitrogens with zero attached hydrogens (tertiary/aromatic N) is 1. The topological polar surface area (TPSA) is 50.8 Å². The van der Waals surface area contributed by atoms with Gasteiger partial charge in [0.05, 0.1) is 13.2 Å². The van der Waals surface area contributed by atoms with Crippen molar-refractivity contribution in [2.45, 2.75) is 6.29 Å². The Hall–Kier alpha value is -2.37. The Kier molecular flexibility index (Phi) is 4.60. The minimum atomic E-state index is -0.293. The third-order valence-electron chi connectivity index (χ3n) is 3.71. The highest BCUT2D eigenvalue weighted by Crippen LogP contribution is 2.24. The standard InChI is InChI=1S/C18H20N2O3/c1-20(2)16-9-5-13(6-10-16)17(21)19-15-7-3-14(4-8-15)18-22-11-12-23-18/h3-10,18H,11-12H2,1-2H3,(H,19,21). The smallest absolute Gasteiger partial charge is 0.255 e. The summed E-state index contributed by atoms with van der Waals surface area (Å²) < 4.78 is 10.9. The molecule has 1 N–H and O–H groups in total. The molecule has 2 aromatic carbocycles. The molecule has 0 aromatic heterocycles. The van der Waals surface area contributed by atoms with Gasteiger partial charge < -0.3 is 19.7 Å². The second-order valence-electron chi connectivity index (χ2n) is 5.59. The van der Waals surface area contributed by atoms with Crippen molar-refractivity contribution < 1.29 is 14.3 Å². The maximum atomic E-state index is 12.3. The summed E-state index contributed by atoms with van der Waals surface area (Å²) in [5.41, 5.74) is 3.38. The quantitative estimate of drug-likeness (QED) is 0.943. The van der Waals surface area contributed by atoms with Gasteiger partial charge >= 0.3 is 0 Å². The summed E-state index contributed by atoms with van der Waals surface area (Å²) in [6.45, 7) is 1.23. The lowest BCUT2D eigenvalue weighted by molar-refractivity contribution is -0.0441. The molecular formula is C18H20N2O3. The number of hydrogen-bond acceptors (Lipinski definition) is 4. The zero-order valence-electron chi connectivity index (χ0n) is 13.3. The van der Waals surface area contributed by atoms with Gasteiger partial charge in [0.15, 0.2) is 6.29 Å². The Labute approximate surface area is 135 Å². The van der Waals surface area contributed by atoms with E-state index in [0.717, 1.165) is 16.9 Å². The first-order valence-corrected chi connectivity index (χ1v) is 7.55. The summed E-state index contributed by atoms with van der Waals surface area (Å²) in [7, 11) is 3.93. The number of nitrogens with one attached hydrogen (secondary N) is 1. The molecule has 5 heteroatoms. The van der Waals surface area contributed by atoms with E-state index in [1.54, 1.807) is 0 Å². The van der Waals surface area contributed by atoms with E-state index in [1.165, 1.54) is 0 Å². The van der Waals surface area contributed by atoms with Crippen LogP contribution in [0.3, 0.4) is 0 Å².